The molecule has 0 fully saturated rings. The van der Waals surface area contributed by atoms with Crippen LogP contribution in [0.15, 0.2) is 47.4 Å². The molecule has 1 amide bonds. The van der Waals surface area contributed by atoms with Gasteiger partial charge < -0.3 is 14.4 Å². The Morgan fingerprint density at radius 2 is 1.76 bits per heavy atom. The minimum Gasteiger partial charge on any atom is -0.493 e. The van der Waals surface area contributed by atoms with E-state index in [0.717, 1.165) is 10.5 Å². The molecule has 0 unspecified atom stereocenters. The number of carbonyl (C=O) groups excluding carboxylic acids is 1. The summed E-state index contributed by atoms with van der Waals surface area (Å²) in [4.78, 5) is 15.4. The van der Waals surface area contributed by atoms with Crippen molar-refractivity contribution in [1.82, 2.24) is 4.90 Å². The maximum absolute atomic E-state index is 12.6. The topological polar surface area (TPSA) is 38.8 Å². The lowest BCUT2D eigenvalue weighted by Gasteiger charge is -2.22. The smallest absolute Gasteiger partial charge is 0.235 e. The fourth-order valence-corrected chi connectivity index (χ4v) is 3.52. The van der Waals surface area contributed by atoms with E-state index in [4.69, 9.17) is 21.1 Å². The first-order valence-electron chi connectivity index (χ1n) is 7.82. The average molecular weight is 380 g/mol. The molecule has 0 aliphatic rings. The molecule has 4 nitrogen and oxygen atoms in total. The number of halogens is 1. The Morgan fingerprint density at radius 1 is 1.12 bits per heavy atom. The molecule has 134 valence electrons. The van der Waals surface area contributed by atoms with Gasteiger partial charge in [-0.2, -0.15) is 0 Å². The van der Waals surface area contributed by atoms with Crippen molar-refractivity contribution in [3.63, 3.8) is 0 Å². The predicted octanol–water partition coefficient (Wildman–Crippen LogP) is 4.50. The molecule has 0 saturated carbocycles. The van der Waals surface area contributed by atoms with Gasteiger partial charge in [-0.1, -0.05) is 17.7 Å². The molecule has 0 radical (unpaired) electrons. The van der Waals surface area contributed by atoms with Gasteiger partial charge in [0.1, 0.15) is 0 Å². The molecule has 6 heteroatoms. The zero-order valence-corrected chi connectivity index (χ0v) is 16.4. The Hall–Kier alpha value is -1.85. The number of nitrogens with zero attached hydrogens (tertiary/aromatic N) is 1. The largest absolute Gasteiger partial charge is 0.493 e. The van der Waals surface area contributed by atoms with Gasteiger partial charge in [-0.25, -0.2) is 0 Å². The lowest BCUT2D eigenvalue weighted by Crippen LogP contribution is -2.32. The normalized spacial score (nSPS) is 11.7. The van der Waals surface area contributed by atoms with Crippen LogP contribution in [-0.2, 0) is 11.3 Å². The second-order valence-corrected chi connectivity index (χ2v) is 7.45. The van der Waals surface area contributed by atoms with Crippen molar-refractivity contribution in [3.05, 3.63) is 53.1 Å². The average Bonchev–Trinajstić information content (AvgIpc) is 2.62. The summed E-state index contributed by atoms with van der Waals surface area (Å²) in [6, 6.07) is 13.2. The van der Waals surface area contributed by atoms with Crippen molar-refractivity contribution >= 4 is 29.3 Å². The molecule has 0 aliphatic carbocycles. The molecule has 1 atom stereocenters. The number of carbonyl (C=O) groups is 1. The number of ether oxygens (including phenoxy) is 2. The second kappa shape index (κ2) is 9.02. The number of thioether (sulfide) groups is 1. The van der Waals surface area contributed by atoms with Crippen LogP contribution < -0.4 is 9.47 Å². The molecule has 0 aliphatic heterocycles. The van der Waals surface area contributed by atoms with Gasteiger partial charge in [0.25, 0.3) is 0 Å². The number of amides is 1. The van der Waals surface area contributed by atoms with E-state index in [-0.39, 0.29) is 11.2 Å². The van der Waals surface area contributed by atoms with E-state index in [9.17, 15) is 4.79 Å². The van der Waals surface area contributed by atoms with Crippen LogP contribution in [0.4, 0.5) is 0 Å². The Balaban J connectivity index is 2.00. The van der Waals surface area contributed by atoms with Gasteiger partial charge in [0.2, 0.25) is 5.91 Å². The molecule has 0 N–H and O–H groups in total. The van der Waals surface area contributed by atoms with Crippen LogP contribution in [0, 0.1) is 0 Å². The van der Waals surface area contributed by atoms with E-state index in [1.54, 1.807) is 26.2 Å². The van der Waals surface area contributed by atoms with Crippen LogP contribution in [0.3, 0.4) is 0 Å². The van der Waals surface area contributed by atoms with E-state index in [0.29, 0.717) is 23.1 Å². The summed E-state index contributed by atoms with van der Waals surface area (Å²) < 4.78 is 10.6. The third-order valence-electron chi connectivity index (χ3n) is 3.72. The summed E-state index contributed by atoms with van der Waals surface area (Å²) >= 11 is 7.41. The van der Waals surface area contributed by atoms with Crippen LogP contribution in [0.5, 0.6) is 11.5 Å². The summed E-state index contributed by atoms with van der Waals surface area (Å²) in [7, 11) is 5.00. The second-order valence-electron chi connectivity index (χ2n) is 5.60. The third kappa shape index (κ3) is 5.31. The van der Waals surface area contributed by atoms with Crippen molar-refractivity contribution in [2.75, 3.05) is 21.3 Å². The van der Waals surface area contributed by atoms with E-state index in [2.05, 4.69) is 0 Å². The van der Waals surface area contributed by atoms with Gasteiger partial charge in [0, 0.05) is 23.5 Å². The molecular formula is C19H22ClNO3S. The van der Waals surface area contributed by atoms with Gasteiger partial charge in [-0.15, -0.1) is 11.8 Å². The summed E-state index contributed by atoms with van der Waals surface area (Å²) in [6.45, 7) is 2.41. The number of hydrogen-bond acceptors (Lipinski definition) is 4. The van der Waals surface area contributed by atoms with Gasteiger partial charge in [0.05, 0.1) is 19.5 Å². The van der Waals surface area contributed by atoms with Crippen LogP contribution >= 0.6 is 23.4 Å². The molecule has 2 aromatic rings. The number of benzene rings is 2. The zero-order valence-electron chi connectivity index (χ0n) is 14.8. The Bertz CT molecular complexity index is 721. The van der Waals surface area contributed by atoms with E-state index >= 15 is 0 Å². The van der Waals surface area contributed by atoms with Crippen molar-refractivity contribution in [1.29, 1.82) is 0 Å². The lowest BCUT2D eigenvalue weighted by molar-refractivity contribution is -0.129. The molecule has 0 aromatic heterocycles. The van der Waals surface area contributed by atoms with E-state index in [1.807, 2.05) is 49.4 Å². The van der Waals surface area contributed by atoms with Gasteiger partial charge >= 0.3 is 0 Å². The SMILES string of the molecule is COc1ccc(CN(C)C(=O)[C@H](C)Sc2ccc(Cl)cc2)cc1OC. The monoisotopic (exact) mass is 379 g/mol. The number of hydrogen-bond donors (Lipinski definition) is 0. The van der Waals surface area contributed by atoms with Crippen LogP contribution in [0.2, 0.25) is 5.02 Å². The fourth-order valence-electron chi connectivity index (χ4n) is 2.41. The first-order chi connectivity index (χ1) is 11.9. The standard InChI is InChI=1S/C19H22ClNO3S/c1-13(25-16-8-6-15(20)7-9-16)19(22)21(2)12-14-5-10-17(23-3)18(11-14)24-4/h5-11,13H,12H2,1-4H3/t13-/m0/s1. The first kappa shape index (κ1) is 19.5. The molecule has 2 aromatic carbocycles. The van der Waals surface area contributed by atoms with Crippen LogP contribution in [0.25, 0.3) is 0 Å². The number of rotatable bonds is 7. The van der Waals surface area contributed by atoms with Gasteiger partial charge in [-0.05, 0) is 48.9 Å². The molecule has 0 heterocycles. The molecule has 25 heavy (non-hydrogen) atoms. The lowest BCUT2D eigenvalue weighted by atomic mass is 10.2. The summed E-state index contributed by atoms with van der Waals surface area (Å²) in [5, 5.41) is 0.500. The number of methoxy groups -OCH3 is 2. The highest BCUT2D eigenvalue weighted by molar-refractivity contribution is 8.00. The minimum atomic E-state index is -0.189. The highest BCUT2D eigenvalue weighted by Gasteiger charge is 2.19. The predicted molar refractivity (Wildman–Crippen MR) is 103 cm³/mol. The maximum Gasteiger partial charge on any atom is 0.235 e. The zero-order chi connectivity index (χ0) is 18.4. The molecular weight excluding hydrogens is 358 g/mol. The highest BCUT2D eigenvalue weighted by atomic mass is 35.5. The Morgan fingerprint density at radius 3 is 2.36 bits per heavy atom. The Kier molecular flexibility index (Phi) is 7.02. The molecule has 0 bridgehead atoms. The summed E-state index contributed by atoms with van der Waals surface area (Å²) in [5.74, 6) is 1.39. The van der Waals surface area contributed by atoms with Crippen molar-refractivity contribution < 1.29 is 14.3 Å². The van der Waals surface area contributed by atoms with Crippen LogP contribution in [-0.4, -0.2) is 37.3 Å². The quantitative estimate of drug-likeness (QED) is 0.664. The van der Waals surface area contributed by atoms with Crippen molar-refractivity contribution in [3.8, 4) is 11.5 Å². The van der Waals surface area contributed by atoms with E-state index < -0.39 is 0 Å². The summed E-state index contributed by atoms with van der Waals surface area (Å²) in [5.41, 5.74) is 0.984. The van der Waals surface area contributed by atoms with Crippen molar-refractivity contribution in [2.45, 2.75) is 23.6 Å². The molecule has 0 spiro atoms. The molecule has 0 saturated heterocycles. The summed E-state index contributed by atoms with van der Waals surface area (Å²) in [6.07, 6.45) is 0. The van der Waals surface area contributed by atoms with Gasteiger partial charge in [0.15, 0.2) is 11.5 Å². The minimum absolute atomic E-state index is 0.0646. The van der Waals surface area contributed by atoms with Crippen LogP contribution in [0.1, 0.15) is 12.5 Å². The highest BCUT2D eigenvalue weighted by Crippen LogP contribution is 2.29. The fraction of sp³-hybridized carbons (Fsp3) is 0.316. The third-order valence-corrected chi connectivity index (χ3v) is 5.07. The molecule has 2 rings (SSSR count). The van der Waals surface area contributed by atoms with Crippen molar-refractivity contribution in [2.24, 2.45) is 0 Å². The maximum atomic E-state index is 12.6. The van der Waals surface area contributed by atoms with Gasteiger partial charge in [-0.3, -0.25) is 4.79 Å². The Labute approximate surface area is 158 Å². The first-order valence-corrected chi connectivity index (χ1v) is 9.08. The van der Waals surface area contributed by atoms with E-state index in [1.165, 1.54) is 11.8 Å².